The Balaban J connectivity index is 1.70. The van der Waals surface area contributed by atoms with Gasteiger partial charge in [0.2, 0.25) is 0 Å². The van der Waals surface area contributed by atoms with E-state index < -0.39 is 17.7 Å². The number of benzene rings is 2. The second-order valence-corrected chi connectivity index (χ2v) is 6.89. The normalized spacial score (nSPS) is 14.9. The number of amides is 1. The Morgan fingerprint density at radius 3 is 2.30 bits per heavy atom. The number of piperidine rings is 1. The van der Waals surface area contributed by atoms with Crippen molar-refractivity contribution in [3.05, 3.63) is 53.6 Å². The minimum atomic E-state index is -0.841. The Morgan fingerprint density at radius 1 is 1.15 bits per heavy atom. The van der Waals surface area contributed by atoms with Crippen LogP contribution in [0.1, 0.15) is 25.3 Å². The molecular weight excluding hydrogens is 352 g/mol. The Morgan fingerprint density at radius 2 is 1.74 bits per heavy atom. The molecular formula is C20H23F2N3O2. The standard InChI is InChI=1S/C20H23F2N3O2/c1-13-6-8-25(9-7-13)19-17(21)10-16(11-18(19)22)24-15-4-2-14(3-5-15)12-27-20(23)26/h2-5,10-11,13,24H,6-9,12H2,1H3,(H2,23,26). The fourth-order valence-corrected chi connectivity index (χ4v) is 3.18. The molecule has 1 aliphatic heterocycles. The molecule has 0 aliphatic carbocycles. The number of hydrogen-bond donors (Lipinski definition) is 2. The molecule has 1 aliphatic rings. The van der Waals surface area contributed by atoms with Crippen LogP contribution < -0.4 is 16.0 Å². The van der Waals surface area contributed by atoms with E-state index in [1.165, 1.54) is 12.1 Å². The predicted octanol–water partition coefficient (Wildman–Crippen LogP) is 4.54. The van der Waals surface area contributed by atoms with Crippen LogP contribution in [0.2, 0.25) is 0 Å². The van der Waals surface area contributed by atoms with Crippen molar-refractivity contribution in [3.63, 3.8) is 0 Å². The molecule has 27 heavy (non-hydrogen) atoms. The van der Waals surface area contributed by atoms with Gasteiger partial charge < -0.3 is 20.7 Å². The van der Waals surface area contributed by atoms with Gasteiger partial charge in [-0.3, -0.25) is 0 Å². The van der Waals surface area contributed by atoms with E-state index in [0.717, 1.165) is 18.4 Å². The molecule has 0 aromatic heterocycles. The number of carbonyl (C=O) groups excluding carboxylic acids is 1. The van der Waals surface area contributed by atoms with Crippen molar-refractivity contribution in [2.45, 2.75) is 26.4 Å². The second-order valence-electron chi connectivity index (χ2n) is 6.89. The first kappa shape index (κ1) is 18.9. The summed E-state index contributed by atoms with van der Waals surface area (Å²) in [6, 6.07) is 9.55. The minimum Gasteiger partial charge on any atom is -0.445 e. The maximum absolute atomic E-state index is 14.6. The number of hydrogen-bond acceptors (Lipinski definition) is 4. The summed E-state index contributed by atoms with van der Waals surface area (Å²) in [5, 5.41) is 2.98. The van der Waals surface area contributed by atoms with Crippen molar-refractivity contribution in [1.82, 2.24) is 0 Å². The van der Waals surface area contributed by atoms with Gasteiger partial charge in [0, 0.05) is 24.5 Å². The van der Waals surface area contributed by atoms with Crippen LogP contribution in [0.4, 0.5) is 30.6 Å². The fourth-order valence-electron chi connectivity index (χ4n) is 3.18. The van der Waals surface area contributed by atoms with Gasteiger partial charge in [0.1, 0.15) is 12.3 Å². The monoisotopic (exact) mass is 375 g/mol. The van der Waals surface area contributed by atoms with Crippen molar-refractivity contribution < 1.29 is 18.3 Å². The highest BCUT2D eigenvalue weighted by Crippen LogP contribution is 2.31. The van der Waals surface area contributed by atoms with Gasteiger partial charge in [-0.05, 0) is 48.6 Å². The van der Waals surface area contributed by atoms with Gasteiger partial charge in [0.25, 0.3) is 0 Å². The summed E-state index contributed by atoms with van der Waals surface area (Å²) in [6.45, 7) is 3.55. The molecule has 7 heteroatoms. The largest absolute Gasteiger partial charge is 0.445 e. The van der Waals surface area contributed by atoms with Crippen LogP contribution in [0.5, 0.6) is 0 Å². The topological polar surface area (TPSA) is 67.6 Å². The van der Waals surface area contributed by atoms with Crippen LogP contribution in [-0.4, -0.2) is 19.2 Å². The second kappa shape index (κ2) is 8.24. The highest BCUT2D eigenvalue weighted by atomic mass is 19.1. The summed E-state index contributed by atoms with van der Waals surface area (Å²) in [5.74, 6) is -0.554. The van der Waals surface area contributed by atoms with Crippen LogP contribution in [0.15, 0.2) is 36.4 Å². The molecule has 0 saturated carbocycles. The lowest BCUT2D eigenvalue weighted by Crippen LogP contribution is -2.34. The van der Waals surface area contributed by atoms with Crippen molar-refractivity contribution in [1.29, 1.82) is 0 Å². The van der Waals surface area contributed by atoms with Gasteiger partial charge in [-0.15, -0.1) is 0 Å². The molecule has 0 radical (unpaired) electrons. The third-order valence-corrected chi connectivity index (χ3v) is 4.74. The molecule has 144 valence electrons. The van der Waals surface area contributed by atoms with Crippen molar-refractivity contribution >= 4 is 23.2 Å². The van der Waals surface area contributed by atoms with Crippen LogP contribution in [0.25, 0.3) is 0 Å². The van der Waals surface area contributed by atoms with Crippen LogP contribution >= 0.6 is 0 Å². The molecule has 1 amide bonds. The van der Waals surface area contributed by atoms with E-state index in [-0.39, 0.29) is 12.3 Å². The van der Waals surface area contributed by atoms with Crippen LogP contribution in [0.3, 0.4) is 0 Å². The van der Waals surface area contributed by atoms with Crippen molar-refractivity contribution in [2.75, 3.05) is 23.3 Å². The van der Waals surface area contributed by atoms with E-state index >= 15 is 0 Å². The van der Waals surface area contributed by atoms with Gasteiger partial charge in [-0.25, -0.2) is 13.6 Å². The van der Waals surface area contributed by atoms with E-state index in [0.29, 0.717) is 30.4 Å². The molecule has 1 fully saturated rings. The zero-order valence-corrected chi connectivity index (χ0v) is 15.2. The maximum Gasteiger partial charge on any atom is 0.404 e. The quantitative estimate of drug-likeness (QED) is 0.805. The minimum absolute atomic E-state index is 0.0476. The predicted molar refractivity (Wildman–Crippen MR) is 101 cm³/mol. The van der Waals surface area contributed by atoms with Crippen LogP contribution in [-0.2, 0) is 11.3 Å². The molecule has 0 atom stereocenters. The van der Waals surface area contributed by atoms with Gasteiger partial charge in [0.05, 0.1) is 0 Å². The Bertz CT molecular complexity index is 780. The lowest BCUT2D eigenvalue weighted by Gasteiger charge is -2.32. The molecule has 5 nitrogen and oxygen atoms in total. The number of halogens is 2. The average molecular weight is 375 g/mol. The SMILES string of the molecule is CC1CCN(c2c(F)cc(Nc3ccc(COC(N)=O)cc3)cc2F)CC1. The first-order valence-corrected chi connectivity index (χ1v) is 8.94. The average Bonchev–Trinajstić information content (AvgIpc) is 2.62. The molecule has 3 N–H and O–H groups in total. The summed E-state index contributed by atoms with van der Waals surface area (Å²) in [5.41, 5.74) is 6.73. The maximum atomic E-state index is 14.6. The van der Waals surface area contributed by atoms with E-state index in [1.54, 1.807) is 29.2 Å². The van der Waals surface area contributed by atoms with Gasteiger partial charge in [-0.2, -0.15) is 0 Å². The third-order valence-electron chi connectivity index (χ3n) is 4.74. The highest BCUT2D eigenvalue weighted by molar-refractivity contribution is 5.65. The fraction of sp³-hybridized carbons (Fsp3) is 0.350. The molecule has 0 spiro atoms. The zero-order chi connectivity index (χ0) is 19.4. The summed E-state index contributed by atoms with van der Waals surface area (Å²) in [4.78, 5) is 12.4. The van der Waals surface area contributed by atoms with E-state index in [1.807, 2.05) is 0 Å². The first-order valence-electron chi connectivity index (χ1n) is 8.94. The van der Waals surface area contributed by atoms with Gasteiger partial charge in [-0.1, -0.05) is 19.1 Å². The highest BCUT2D eigenvalue weighted by Gasteiger charge is 2.22. The number of nitrogens with one attached hydrogen (secondary N) is 1. The lowest BCUT2D eigenvalue weighted by molar-refractivity contribution is 0.150. The number of carbonyl (C=O) groups is 1. The molecule has 2 aromatic carbocycles. The molecule has 3 rings (SSSR count). The molecule has 0 bridgehead atoms. The van der Waals surface area contributed by atoms with E-state index in [9.17, 15) is 13.6 Å². The molecule has 2 aromatic rings. The number of rotatable bonds is 5. The molecule has 1 saturated heterocycles. The number of nitrogens with two attached hydrogens (primary N) is 1. The summed E-state index contributed by atoms with van der Waals surface area (Å²) in [7, 11) is 0. The van der Waals surface area contributed by atoms with Crippen molar-refractivity contribution in [3.8, 4) is 0 Å². The zero-order valence-electron chi connectivity index (χ0n) is 15.2. The number of anilines is 3. The Hall–Kier alpha value is -2.83. The number of nitrogens with zero attached hydrogens (tertiary/aromatic N) is 1. The van der Waals surface area contributed by atoms with Gasteiger partial charge >= 0.3 is 6.09 Å². The van der Waals surface area contributed by atoms with Gasteiger partial charge in [0.15, 0.2) is 11.6 Å². The summed E-state index contributed by atoms with van der Waals surface area (Å²) >= 11 is 0. The summed E-state index contributed by atoms with van der Waals surface area (Å²) in [6.07, 6.45) is 1.03. The molecule has 1 heterocycles. The summed E-state index contributed by atoms with van der Waals surface area (Å²) < 4.78 is 33.8. The van der Waals surface area contributed by atoms with E-state index in [2.05, 4.69) is 12.2 Å². The van der Waals surface area contributed by atoms with E-state index in [4.69, 9.17) is 10.5 Å². The third kappa shape index (κ3) is 4.87. The lowest BCUT2D eigenvalue weighted by atomic mass is 9.98. The molecule has 0 unspecified atom stereocenters. The Labute approximate surface area is 157 Å². The first-order chi connectivity index (χ1) is 12.9. The number of ether oxygens (including phenoxy) is 1. The van der Waals surface area contributed by atoms with Crippen LogP contribution in [0, 0.1) is 17.6 Å². The smallest absolute Gasteiger partial charge is 0.404 e. The number of primary amides is 1. The van der Waals surface area contributed by atoms with Crippen molar-refractivity contribution in [2.24, 2.45) is 11.7 Å². The Kier molecular flexibility index (Phi) is 5.78.